The van der Waals surface area contributed by atoms with E-state index in [4.69, 9.17) is 11.5 Å². The van der Waals surface area contributed by atoms with Crippen molar-refractivity contribution >= 4 is 45.2 Å². The van der Waals surface area contributed by atoms with Gasteiger partial charge < -0.3 is 37.6 Å². The molecule has 3 aromatic rings. The van der Waals surface area contributed by atoms with Crippen LogP contribution in [0.5, 0.6) is 0 Å². The molecule has 13 heteroatoms. The number of nitrogens with zero attached hydrogens (tertiary/aromatic N) is 2. The largest absolute Gasteiger partial charge is 0.370 e. The lowest BCUT2D eigenvalue weighted by Gasteiger charge is -2.32. The number of hydrogen-bond acceptors (Lipinski definition) is 8. The van der Waals surface area contributed by atoms with Crippen LogP contribution >= 0.6 is 11.3 Å². The number of hydrogen-bond donors (Lipinski definition) is 7. The van der Waals surface area contributed by atoms with Crippen LogP contribution in [-0.2, 0) is 33.1 Å². The van der Waals surface area contributed by atoms with Crippen LogP contribution in [0.3, 0.4) is 0 Å². The number of aromatic nitrogens is 1. The Morgan fingerprint density at radius 3 is 2.44 bits per heavy atom. The van der Waals surface area contributed by atoms with Crippen molar-refractivity contribution in [3.8, 4) is 0 Å². The zero-order valence-electron chi connectivity index (χ0n) is 24.7. The van der Waals surface area contributed by atoms with Crippen molar-refractivity contribution in [3.05, 3.63) is 64.7 Å². The molecule has 3 rings (SSSR count). The minimum atomic E-state index is -2.50. The summed E-state index contributed by atoms with van der Waals surface area (Å²) >= 11 is 1.12. The van der Waals surface area contributed by atoms with Gasteiger partial charge in [0, 0.05) is 20.0 Å². The van der Waals surface area contributed by atoms with E-state index in [1.165, 1.54) is 6.92 Å². The number of fused-ring (bicyclic) bond motifs is 1. The first-order chi connectivity index (χ1) is 20.3. The molecule has 0 fully saturated rings. The third-order valence-corrected chi connectivity index (χ3v) is 7.76. The monoisotopic (exact) mass is 611 g/mol. The summed E-state index contributed by atoms with van der Waals surface area (Å²) in [6, 6.07) is 12.4. The summed E-state index contributed by atoms with van der Waals surface area (Å²) in [6.07, 6.45) is 0.806. The predicted molar refractivity (Wildman–Crippen MR) is 167 cm³/mol. The van der Waals surface area contributed by atoms with Gasteiger partial charge in [0.2, 0.25) is 23.5 Å². The summed E-state index contributed by atoms with van der Waals surface area (Å²) in [5.74, 6) is -3.62. The minimum absolute atomic E-state index is 0.0212. The Hall–Kier alpha value is -4.07. The molecule has 0 bridgehead atoms. The Labute approximate surface area is 255 Å². The maximum absolute atomic E-state index is 13.6. The van der Waals surface area contributed by atoms with Crippen LogP contribution in [0.4, 0.5) is 0 Å². The molecule has 232 valence electrons. The highest BCUT2D eigenvalue weighted by molar-refractivity contribution is 7.18. The first-order valence-electron chi connectivity index (χ1n) is 14.1. The van der Waals surface area contributed by atoms with Gasteiger partial charge in [-0.3, -0.25) is 19.4 Å². The number of guanidine groups is 1. The second kappa shape index (κ2) is 15.4. The van der Waals surface area contributed by atoms with Crippen molar-refractivity contribution < 1.29 is 24.6 Å². The van der Waals surface area contributed by atoms with Crippen LogP contribution in [-0.4, -0.2) is 57.5 Å². The predicted octanol–water partition coefficient (Wildman–Crippen LogP) is 1.38. The van der Waals surface area contributed by atoms with E-state index in [0.29, 0.717) is 24.9 Å². The molecule has 0 unspecified atom stereocenters. The molecular weight excluding hydrogens is 570 g/mol. The van der Waals surface area contributed by atoms with E-state index in [-0.39, 0.29) is 48.1 Å². The molecule has 0 radical (unpaired) electrons. The van der Waals surface area contributed by atoms with E-state index in [9.17, 15) is 24.6 Å². The van der Waals surface area contributed by atoms with Gasteiger partial charge in [0.15, 0.2) is 11.0 Å². The number of benzene rings is 2. The molecule has 2 atom stereocenters. The molecule has 0 saturated heterocycles. The molecule has 0 saturated carbocycles. The Kier molecular flexibility index (Phi) is 12.0. The number of aliphatic imine (C=N–C) groups is 1. The fraction of sp³-hybridized carbons (Fsp3) is 0.433. The summed E-state index contributed by atoms with van der Waals surface area (Å²) in [4.78, 5) is 46.3. The number of amides is 3. The Morgan fingerprint density at radius 1 is 1.05 bits per heavy atom. The molecule has 43 heavy (non-hydrogen) atoms. The average molecular weight is 612 g/mol. The fourth-order valence-electron chi connectivity index (χ4n) is 4.54. The molecule has 0 spiro atoms. The van der Waals surface area contributed by atoms with Gasteiger partial charge in [-0.1, -0.05) is 50.2 Å². The van der Waals surface area contributed by atoms with E-state index >= 15 is 0 Å². The summed E-state index contributed by atoms with van der Waals surface area (Å²) in [5, 5.41) is 31.0. The standard InChI is InChI=1S/C30H41N7O5S/c1-18(2)14-23(35-26(39)16-20-8-6-9-21(15-20)17-34-19(3)38)27(40)37-25(12-7-13-33-29(31)32)30(41,42)28-36-22-10-4-5-11-24(22)43-28/h4-6,8-11,15,18,23,25,41-42H,7,12-14,16-17H2,1-3H3,(H,34,38)(H,35,39)(H,37,40)(H4,31,32,33)/t23-,25-/m0/s1. The highest BCUT2D eigenvalue weighted by atomic mass is 32.1. The lowest BCUT2D eigenvalue weighted by atomic mass is 9.98. The number of nitrogens with one attached hydrogen (secondary N) is 3. The molecule has 1 heterocycles. The van der Waals surface area contributed by atoms with E-state index in [0.717, 1.165) is 27.2 Å². The van der Waals surface area contributed by atoms with Crippen LogP contribution < -0.4 is 27.4 Å². The maximum atomic E-state index is 13.6. The van der Waals surface area contributed by atoms with Crippen LogP contribution in [0.25, 0.3) is 10.2 Å². The number of carbonyl (C=O) groups is 3. The number of nitrogens with two attached hydrogens (primary N) is 2. The number of rotatable bonds is 15. The van der Waals surface area contributed by atoms with E-state index in [2.05, 4.69) is 25.9 Å². The Bertz CT molecular complexity index is 1400. The number of para-hydroxylation sites is 1. The number of thiazole rings is 1. The van der Waals surface area contributed by atoms with Crippen molar-refractivity contribution in [3.63, 3.8) is 0 Å². The van der Waals surface area contributed by atoms with E-state index < -0.39 is 23.8 Å². The first-order valence-corrected chi connectivity index (χ1v) is 14.9. The molecule has 1 aromatic heterocycles. The zero-order chi connectivity index (χ0) is 31.6. The summed E-state index contributed by atoms with van der Waals surface area (Å²) < 4.78 is 0.765. The third kappa shape index (κ3) is 10.3. The molecule has 3 amide bonds. The maximum Gasteiger partial charge on any atom is 0.243 e. The molecule has 2 aromatic carbocycles. The van der Waals surface area contributed by atoms with Gasteiger partial charge in [-0.2, -0.15) is 0 Å². The van der Waals surface area contributed by atoms with Gasteiger partial charge in [0.05, 0.1) is 22.7 Å². The third-order valence-electron chi connectivity index (χ3n) is 6.61. The number of aliphatic hydroxyl groups is 2. The fourth-order valence-corrected chi connectivity index (χ4v) is 5.55. The van der Waals surface area contributed by atoms with Gasteiger partial charge >= 0.3 is 0 Å². The smallest absolute Gasteiger partial charge is 0.243 e. The van der Waals surface area contributed by atoms with Crippen LogP contribution in [0.1, 0.15) is 56.2 Å². The van der Waals surface area contributed by atoms with Gasteiger partial charge in [0.25, 0.3) is 0 Å². The topological polar surface area (TPSA) is 205 Å². The lowest BCUT2D eigenvalue weighted by Crippen LogP contribution is -2.56. The van der Waals surface area contributed by atoms with Crippen molar-refractivity contribution in [2.24, 2.45) is 22.4 Å². The summed E-state index contributed by atoms with van der Waals surface area (Å²) in [7, 11) is 0. The Balaban J connectivity index is 1.78. The molecule has 0 aliphatic heterocycles. The number of carbonyl (C=O) groups excluding carboxylic acids is 3. The molecule has 12 nitrogen and oxygen atoms in total. The van der Waals surface area contributed by atoms with Crippen molar-refractivity contribution in [1.82, 2.24) is 20.9 Å². The van der Waals surface area contributed by atoms with E-state index in [1.54, 1.807) is 24.3 Å². The summed E-state index contributed by atoms with van der Waals surface area (Å²) in [6.45, 7) is 5.84. The zero-order valence-corrected chi connectivity index (χ0v) is 25.5. The van der Waals surface area contributed by atoms with Gasteiger partial charge in [-0.25, -0.2) is 4.98 Å². The van der Waals surface area contributed by atoms with Gasteiger partial charge in [0.1, 0.15) is 6.04 Å². The SMILES string of the molecule is CC(=O)NCc1cccc(CC(=O)N[C@@H](CC(C)C)C(=O)N[C@@H](CCCN=C(N)N)C(O)(O)c2nc3ccccc3s2)c1. The normalized spacial score (nSPS) is 12.9. The average Bonchev–Trinajstić information content (AvgIpc) is 3.38. The van der Waals surface area contributed by atoms with Crippen LogP contribution in [0.2, 0.25) is 0 Å². The van der Waals surface area contributed by atoms with Crippen LogP contribution in [0.15, 0.2) is 53.5 Å². The highest BCUT2D eigenvalue weighted by Crippen LogP contribution is 2.32. The minimum Gasteiger partial charge on any atom is -0.370 e. The second-order valence-electron chi connectivity index (χ2n) is 10.9. The van der Waals surface area contributed by atoms with Gasteiger partial charge in [-0.05, 0) is 48.4 Å². The molecular formula is C30H41N7O5S. The first kappa shape index (κ1) is 33.4. The Morgan fingerprint density at radius 2 is 1.77 bits per heavy atom. The molecule has 0 aliphatic carbocycles. The second-order valence-corrected chi connectivity index (χ2v) is 11.9. The molecule has 0 aliphatic rings. The quantitative estimate of drug-likeness (QED) is 0.0577. The van der Waals surface area contributed by atoms with E-state index in [1.807, 2.05) is 38.1 Å². The summed E-state index contributed by atoms with van der Waals surface area (Å²) in [5.41, 5.74) is 13.0. The molecule has 9 N–H and O–H groups in total. The lowest BCUT2D eigenvalue weighted by molar-refractivity contribution is -0.195. The highest BCUT2D eigenvalue weighted by Gasteiger charge is 2.41. The van der Waals surface area contributed by atoms with Crippen molar-refractivity contribution in [1.29, 1.82) is 0 Å². The van der Waals surface area contributed by atoms with Crippen molar-refractivity contribution in [2.75, 3.05) is 6.54 Å². The van der Waals surface area contributed by atoms with Gasteiger partial charge in [-0.15, -0.1) is 11.3 Å². The van der Waals surface area contributed by atoms with Crippen molar-refractivity contribution in [2.45, 2.75) is 70.9 Å². The van der Waals surface area contributed by atoms with Crippen LogP contribution in [0, 0.1) is 5.92 Å².